The van der Waals surface area contributed by atoms with Crippen LogP contribution in [0.5, 0.6) is 0 Å². The topological polar surface area (TPSA) is 124 Å². The van der Waals surface area contributed by atoms with Gasteiger partial charge < -0.3 is 20.7 Å². The SMILES string of the molecule is CC(C)C[C@H](C)C(NC(=O)CNC(=O)c1cnccn1)B(O)O.Cc1ccccc1. The Morgan fingerprint density at radius 2 is 1.77 bits per heavy atom. The number of carbonyl (C=O) groups excluding carboxylic acids is 2. The first-order chi connectivity index (χ1) is 14.2. The van der Waals surface area contributed by atoms with Gasteiger partial charge in [-0.15, -0.1) is 0 Å². The molecule has 30 heavy (non-hydrogen) atoms. The molecule has 0 fully saturated rings. The van der Waals surface area contributed by atoms with Crippen LogP contribution in [0.1, 0.15) is 43.2 Å². The second kappa shape index (κ2) is 13.4. The van der Waals surface area contributed by atoms with Crippen molar-refractivity contribution in [2.45, 2.75) is 40.1 Å². The Hall–Kier alpha value is -2.78. The van der Waals surface area contributed by atoms with Crippen molar-refractivity contribution < 1.29 is 19.6 Å². The molecular weight excluding hydrogens is 383 g/mol. The van der Waals surface area contributed by atoms with Crippen molar-refractivity contribution in [1.29, 1.82) is 0 Å². The van der Waals surface area contributed by atoms with Crippen molar-refractivity contribution in [2.24, 2.45) is 11.8 Å². The Morgan fingerprint density at radius 3 is 2.23 bits per heavy atom. The van der Waals surface area contributed by atoms with Crippen LogP contribution in [0, 0.1) is 18.8 Å². The predicted octanol–water partition coefficient (Wildman–Crippen LogP) is 1.38. The van der Waals surface area contributed by atoms with E-state index in [9.17, 15) is 19.6 Å². The normalized spacial score (nSPS) is 12.2. The van der Waals surface area contributed by atoms with E-state index in [1.165, 1.54) is 24.2 Å². The molecule has 1 aromatic carbocycles. The number of amides is 2. The molecule has 0 saturated heterocycles. The summed E-state index contributed by atoms with van der Waals surface area (Å²) >= 11 is 0. The van der Waals surface area contributed by atoms with Gasteiger partial charge in [0.25, 0.3) is 5.91 Å². The molecule has 2 rings (SSSR count). The van der Waals surface area contributed by atoms with E-state index >= 15 is 0 Å². The lowest BCUT2D eigenvalue weighted by Gasteiger charge is -2.25. The molecule has 162 valence electrons. The van der Waals surface area contributed by atoms with E-state index in [0.29, 0.717) is 5.92 Å². The Labute approximate surface area is 178 Å². The van der Waals surface area contributed by atoms with Gasteiger partial charge in [0, 0.05) is 12.4 Å². The van der Waals surface area contributed by atoms with E-state index in [2.05, 4.69) is 39.7 Å². The number of carbonyl (C=O) groups is 2. The molecular formula is C21H31BN4O4. The van der Waals surface area contributed by atoms with Gasteiger partial charge in [-0.2, -0.15) is 0 Å². The highest BCUT2D eigenvalue weighted by molar-refractivity contribution is 6.43. The van der Waals surface area contributed by atoms with Crippen LogP contribution in [0.25, 0.3) is 0 Å². The van der Waals surface area contributed by atoms with Crippen LogP contribution in [0.3, 0.4) is 0 Å². The zero-order valence-corrected chi connectivity index (χ0v) is 17.9. The third-order valence-electron chi connectivity index (χ3n) is 4.25. The Bertz CT molecular complexity index is 760. The van der Waals surface area contributed by atoms with E-state index in [1.54, 1.807) is 0 Å². The van der Waals surface area contributed by atoms with Gasteiger partial charge in [0.2, 0.25) is 5.91 Å². The smallest absolute Gasteiger partial charge is 0.426 e. The van der Waals surface area contributed by atoms with Crippen LogP contribution in [-0.2, 0) is 4.79 Å². The highest BCUT2D eigenvalue weighted by Crippen LogP contribution is 2.15. The summed E-state index contributed by atoms with van der Waals surface area (Å²) in [5.41, 5.74) is 1.43. The number of rotatable bonds is 8. The monoisotopic (exact) mass is 414 g/mol. The first kappa shape index (κ1) is 25.3. The molecule has 0 aliphatic heterocycles. The fourth-order valence-electron chi connectivity index (χ4n) is 2.84. The lowest BCUT2D eigenvalue weighted by Crippen LogP contribution is -2.52. The van der Waals surface area contributed by atoms with E-state index in [1.807, 2.05) is 39.0 Å². The van der Waals surface area contributed by atoms with Gasteiger partial charge in [-0.3, -0.25) is 14.6 Å². The van der Waals surface area contributed by atoms with Gasteiger partial charge in [-0.1, -0.05) is 56.7 Å². The number of nitrogens with zero attached hydrogens (tertiary/aromatic N) is 2. The zero-order chi connectivity index (χ0) is 22.5. The third-order valence-corrected chi connectivity index (χ3v) is 4.25. The maximum atomic E-state index is 11.9. The van der Waals surface area contributed by atoms with Crippen molar-refractivity contribution in [2.75, 3.05) is 6.54 Å². The molecule has 0 spiro atoms. The summed E-state index contributed by atoms with van der Waals surface area (Å²) in [6.45, 7) is 7.66. The number of aryl methyl sites for hydroxylation is 1. The zero-order valence-electron chi connectivity index (χ0n) is 17.9. The average Bonchev–Trinajstić information content (AvgIpc) is 2.71. The molecule has 2 aromatic rings. The van der Waals surface area contributed by atoms with E-state index in [0.717, 1.165) is 6.42 Å². The molecule has 9 heteroatoms. The summed E-state index contributed by atoms with van der Waals surface area (Å²) in [6, 6.07) is 10.3. The van der Waals surface area contributed by atoms with Crippen LogP contribution in [0.2, 0.25) is 0 Å². The van der Waals surface area contributed by atoms with Crippen molar-refractivity contribution in [3.8, 4) is 0 Å². The van der Waals surface area contributed by atoms with E-state index in [4.69, 9.17) is 0 Å². The number of aromatic nitrogens is 2. The second-order valence-electron chi connectivity index (χ2n) is 7.54. The molecule has 1 aromatic heterocycles. The molecule has 0 aliphatic rings. The lowest BCUT2D eigenvalue weighted by atomic mass is 9.70. The summed E-state index contributed by atoms with van der Waals surface area (Å²) < 4.78 is 0. The lowest BCUT2D eigenvalue weighted by molar-refractivity contribution is -0.120. The van der Waals surface area contributed by atoms with E-state index < -0.39 is 24.9 Å². The van der Waals surface area contributed by atoms with E-state index in [-0.39, 0.29) is 18.2 Å². The Kier molecular flexibility index (Phi) is 11.3. The number of nitrogens with one attached hydrogen (secondary N) is 2. The minimum atomic E-state index is -1.66. The van der Waals surface area contributed by atoms with Crippen LogP contribution < -0.4 is 10.6 Å². The minimum absolute atomic E-state index is 0.104. The van der Waals surface area contributed by atoms with Gasteiger partial charge in [-0.05, 0) is 25.2 Å². The minimum Gasteiger partial charge on any atom is -0.426 e. The molecule has 0 bridgehead atoms. The molecule has 1 heterocycles. The van der Waals surface area contributed by atoms with Gasteiger partial charge in [-0.25, -0.2) is 4.98 Å². The fourth-order valence-corrected chi connectivity index (χ4v) is 2.84. The number of hydrogen-bond acceptors (Lipinski definition) is 6. The van der Waals surface area contributed by atoms with Crippen LogP contribution in [0.4, 0.5) is 0 Å². The molecule has 0 saturated carbocycles. The summed E-state index contributed by atoms with van der Waals surface area (Å²) in [6.07, 6.45) is 4.83. The van der Waals surface area contributed by atoms with Crippen molar-refractivity contribution in [1.82, 2.24) is 20.6 Å². The van der Waals surface area contributed by atoms with Crippen LogP contribution >= 0.6 is 0 Å². The second-order valence-corrected chi connectivity index (χ2v) is 7.54. The summed E-state index contributed by atoms with van der Waals surface area (Å²) in [5, 5.41) is 23.8. The van der Waals surface area contributed by atoms with Crippen LogP contribution in [0.15, 0.2) is 48.9 Å². The summed E-state index contributed by atoms with van der Waals surface area (Å²) in [7, 11) is -1.66. The highest BCUT2D eigenvalue weighted by atomic mass is 16.4. The number of benzene rings is 1. The summed E-state index contributed by atoms with van der Waals surface area (Å²) in [5.74, 6) is -1.58. The molecule has 0 aliphatic carbocycles. The molecule has 0 radical (unpaired) electrons. The average molecular weight is 414 g/mol. The maximum Gasteiger partial charge on any atom is 0.475 e. The van der Waals surface area contributed by atoms with Gasteiger partial charge in [0.05, 0.1) is 18.7 Å². The maximum absolute atomic E-state index is 11.9. The van der Waals surface area contributed by atoms with Crippen LogP contribution in [-0.4, -0.2) is 51.4 Å². The fraction of sp³-hybridized carbons (Fsp3) is 0.429. The molecule has 8 nitrogen and oxygen atoms in total. The third kappa shape index (κ3) is 10.1. The summed E-state index contributed by atoms with van der Waals surface area (Å²) in [4.78, 5) is 31.2. The molecule has 1 unspecified atom stereocenters. The van der Waals surface area contributed by atoms with Gasteiger partial charge in [0.1, 0.15) is 5.69 Å². The van der Waals surface area contributed by atoms with Crippen molar-refractivity contribution in [3.05, 3.63) is 60.2 Å². The highest BCUT2D eigenvalue weighted by Gasteiger charge is 2.31. The van der Waals surface area contributed by atoms with Gasteiger partial charge >= 0.3 is 7.12 Å². The first-order valence-corrected chi connectivity index (χ1v) is 9.92. The largest absolute Gasteiger partial charge is 0.475 e. The Morgan fingerprint density at radius 1 is 1.10 bits per heavy atom. The predicted molar refractivity (Wildman–Crippen MR) is 116 cm³/mol. The quantitative estimate of drug-likeness (QED) is 0.484. The van der Waals surface area contributed by atoms with Crippen molar-refractivity contribution >= 4 is 18.9 Å². The van der Waals surface area contributed by atoms with Gasteiger partial charge in [0.15, 0.2) is 0 Å². The first-order valence-electron chi connectivity index (χ1n) is 9.92. The molecule has 4 N–H and O–H groups in total. The molecule has 2 amide bonds. The van der Waals surface area contributed by atoms with Crippen molar-refractivity contribution in [3.63, 3.8) is 0 Å². The molecule has 2 atom stereocenters. The number of hydrogen-bond donors (Lipinski definition) is 4. The standard InChI is InChI=1S/C14H23BN4O4.C7H8/c1-9(2)6-10(3)13(15(22)23)19-12(20)8-18-14(21)11-7-16-4-5-17-11;1-7-5-3-2-4-6-7/h4-5,7,9-10,13,22-23H,6,8H2,1-3H3,(H,18,21)(H,19,20);2-6H,1H3/t10-,13?;/m0./s1. The Balaban J connectivity index is 0.000000539.